The number of nitrogens with one attached hydrogen (secondary N) is 1. The molecule has 1 aliphatic carbocycles. The molecule has 1 aromatic carbocycles. The first-order valence-corrected chi connectivity index (χ1v) is 6.83. The third kappa shape index (κ3) is 1.42. The minimum atomic E-state index is 0.701. The minimum absolute atomic E-state index is 0.701. The number of benzene rings is 1. The number of nitriles is 1. The van der Waals surface area contributed by atoms with Crippen molar-refractivity contribution in [3.8, 4) is 6.07 Å². The predicted molar refractivity (Wildman–Crippen MR) is 79.1 cm³/mol. The first-order chi connectivity index (χ1) is 9.78. The molecule has 0 amide bonds. The number of hydrogen-bond acceptors (Lipinski definition) is 1. The summed E-state index contributed by atoms with van der Waals surface area (Å²) in [6.45, 7) is 0. The highest BCUT2D eigenvalue weighted by Gasteiger charge is 2.16. The standard InChI is InChI=1S/C17H13N3/c1-20-16-5-3-2-4-12(16)9-15-17(20)13-8-11(10-18)6-7-14(13)19-15/h4-9H,2-3H2,1H3/p+1. The summed E-state index contributed by atoms with van der Waals surface area (Å²) in [6, 6.07) is 10.2. The molecule has 0 bridgehead atoms. The lowest BCUT2D eigenvalue weighted by Gasteiger charge is -2.00. The van der Waals surface area contributed by atoms with Gasteiger partial charge in [0.25, 0.3) is 0 Å². The van der Waals surface area contributed by atoms with Crippen molar-refractivity contribution in [2.24, 2.45) is 7.05 Å². The van der Waals surface area contributed by atoms with Gasteiger partial charge in [-0.3, -0.25) is 0 Å². The Bertz CT molecular complexity index is 1020. The Morgan fingerprint density at radius 3 is 2.85 bits per heavy atom. The Morgan fingerprint density at radius 2 is 2.00 bits per heavy atom. The fourth-order valence-electron chi connectivity index (χ4n) is 3.15. The van der Waals surface area contributed by atoms with Crippen molar-refractivity contribution in [3.63, 3.8) is 0 Å². The molecule has 0 fully saturated rings. The number of aromatic nitrogens is 2. The first kappa shape index (κ1) is 11.2. The zero-order valence-corrected chi connectivity index (χ0v) is 11.3. The molecule has 96 valence electrons. The van der Waals surface area contributed by atoms with Crippen LogP contribution >= 0.6 is 0 Å². The van der Waals surface area contributed by atoms with Crippen molar-refractivity contribution in [2.75, 3.05) is 0 Å². The van der Waals surface area contributed by atoms with Crippen molar-refractivity contribution < 1.29 is 4.57 Å². The van der Waals surface area contributed by atoms with Gasteiger partial charge in [0.05, 0.1) is 22.5 Å². The Kier molecular flexibility index (Phi) is 2.22. The van der Waals surface area contributed by atoms with Crippen LogP contribution in [0.4, 0.5) is 0 Å². The monoisotopic (exact) mass is 260 g/mol. The molecular formula is C17H14N3+. The van der Waals surface area contributed by atoms with Gasteiger partial charge in [-0.25, -0.2) is 0 Å². The number of aryl methyl sites for hydroxylation is 1. The molecule has 4 rings (SSSR count). The van der Waals surface area contributed by atoms with Gasteiger partial charge < -0.3 is 4.98 Å². The summed E-state index contributed by atoms with van der Waals surface area (Å²) in [5.74, 6) is 0. The number of hydrogen-bond donors (Lipinski definition) is 1. The van der Waals surface area contributed by atoms with E-state index in [1.165, 1.54) is 16.1 Å². The molecule has 0 atom stereocenters. The fraction of sp³-hybridized carbons (Fsp3) is 0.176. The second-order valence-corrected chi connectivity index (χ2v) is 5.29. The Hall–Kier alpha value is -2.60. The highest BCUT2D eigenvalue weighted by molar-refractivity contribution is 6.03. The average Bonchev–Trinajstić information content (AvgIpc) is 2.84. The van der Waals surface area contributed by atoms with Gasteiger partial charge in [-0.2, -0.15) is 9.83 Å². The quantitative estimate of drug-likeness (QED) is 0.610. The number of pyridine rings is 1. The minimum Gasteiger partial charge on any atom is -0.349 e. The average molecular weight is 260 g/mol. The largest absolute Gasteiger partial charge is 0.349 e. The van der Waals surface area contributed by atoms with Crippen LogP contribution < -0.4 is 15.1 Å². The van der Waals surface area contributed by atoms with E-state index in [2.05, 4.69) is 40.9 Å². The first-order valence-electron chi connectivity index (χ1n) is 6.83. The predicted octanol–water partition coefficient (Wildman–Crippen LogP) is 1.37. The lowest BCUT2D eigenvalue weighted by atomic mass is 10.1. The molecule has 0 radical (unpaired) electrons. The van der Waals surface area contributed by atoms with Gasteiger partial charge in [0.2, 0.25) is 10.9 Å². The van der Waals surface area contributed by atoms with Gasteiger partial charge in [0.15, 0.2) is 0 Å². The van der Waals surface area contributed by atoms with Crippen LogP contribution in [0.3, 0.4) is 0 Å². The van der Waals surface area contributed by atoms with Crippen LogP contribution in [0.5, 0.6) is 0 Å². The zero-order chi connectivity index (χ0) is 13.7. The Labute approximate surface area is 116 Å². The fourth-order valence-corrected chi connectivity index (χ4v) is 3.15. The van der Waals surface area contributed by atoms with Crippen molar-refractivity contribution in [1.29, 1.82) is 5.26 Å². The topological polar surface area (TPSA) is 43.5 Å². The normalized spacial score (nSPS) is 13.6. The van der Waals surface area contributed by atoms with E-state index in [0.29, 0.717) is 5.56 Å². The number of nitrogens with zero attached hydrogens (tertiary/aromatic N) is 2. The maximum absolute atomic E-state index is 9.09. The smallest absolute Gasteiger partial charge is 0.238 e. The van der Waals surface area contributed by atoms with E-state index >= 15 is 0 Å². The summed E-state index contributed by atoms with van der Waals surface area (Å²) in [6.07, 6.45) is 6.79. The summed E-state index contributed by atoms with van der Waals surface area (Å²) in [4.78, 5) is 3.46. The van der Waals surface area contributed by atoms with Gasteiger partial charge in [-0.05, 0) is 43.2 Å². The van der Waals surface area contributed by atoms with Crippen molar-refractivity contribution >= 4 is 34.1 Å². The van der Waals surface area contributed by atoms with Crippen LogP contribution in [0.1, 0.15) is 18.4 Å². The summed E-state index contributed by atoms with van der Waals surface area (Å²) in [7, 11) is 2.10. The molecule has 0 aliphatic heterocycles. The third-order valence-electron chi connectivity index (χ3n) is 4.09. The number of aromatic amines is 1. The SMILES string of the molecule is C[n+]1c2c(cc3[nH]c4ccc(C#N)cc4c31)=CCCC=2. The maximum Gasteiger partial charge on any atom is 0.238 e. The molecule has 1 N–H and O–H groups in total. The van der Waals surface area contributed by atoms with Gasteiger partial charge >= 0.3 is 0 Å². The van der Waals surface area contributed by atoms with Crippen LogP contribution in [-0.2, 0) is 7.05 Å². The van der Waals surface area contributed by atoms with Crippen LogP contribution in [0.2, 0.25) is 0 Å². The van der Waals surface area contributed by atoms with E-state index in [9.17, 15) is 0 Å². The summed E-state index contributed by atoms with van der Waals surface area (Å²) in [5, 5.41) is 12.8. The van der Waals surface area contributed by atoms with E-state index in [4.69, 9.17) is 5.26 Å². The molecule has 1 aliphatic rings. The van der Waals surface area contributed by atoms with Crippen LogP contribution in [0.15, 0.2) is 24.3 Å². The number of H-pyrrole nitrogens is 1. The summed E-state index contributed by atoms with van der Waals surface area (Å²) in [5.41, 5.74) is 4.08. The molecule has 3 aromatic rings. The lowest BCUT2D eigenvalue weighted by Crippen LogP contribution is -2.55. The summed E-state index contributed by atoms with van der Waals surface area (Å²) < 4.78 is 2.24. The van der Waals surface area contributed by atoms with E-state index in [0.717, 1.165) is 29.3 Å². The van der Waals surface area contributed by atoms with Crippen molar-refractivity contribution in [3.05, 3.63) is 40.4 Å². The lowest BCUT2D eigenvalue weighted by molar-refractivity contribution is -0.658. The second kappa shape index (κ2) is 3.94. The van der Waals surface area contributed by atoms with Gasteiger partial charge in [-0.1, -0.05) is 6.08 Å². The van der Waals surface area contributed by atoms with Crippen LogP contribution in [0, 0.1) is 11.3 Å². The zero-order valence-electron chi connectivity index (χ0n) is 11.3. The van der Waals surface area contributed by atoms with Gasteiger partial charge in [-0.15, -0.1) is 0 Å². The molecule has 3 nitrogen and oxygen atoms in total. The van der Waals surface area contributed by atoms with E-state index < -0.39 is 0 Å². The number of rotatable bonds is 0. The molecule has 0 spiro atoms. The molecule has 3 heteroatoms. The maximum atomic E-state index is 9.09. The highest BCUT2D eigenvalue weighted by Crippen LogP contribution is 2.22. The van der Waals surface area contributed by atoms with E-state index in [-0.39, 0.29) is 0 Å². The molecule has 20 heavy (non-hydrogen) atoms. The highest BCUT2D eigenvalue weighted by atomic mass is 14.9. The van der Waals surface area contributed by atoms with E-state index in [1.54, 1.807) is 0 Å². The van der Waals surface area contributed by atoms with Crippen LogP contribution in [-0.4, -0.2) is 4.98 Å². The van der Waals surface area contributed by atoms with E-state index in [1.807, 2.05) is 18.2 Å². The van der Waals surface area contributed by atoms with Crippen LogP contribution in [0.25, 0.3) is 34.1 Å². The Balaban J connectivity index is 2.27. The molecule has 2 aromatic heterocycles. The van der Waals surface area contributed by atoms with Crippen molar-refractivity contribution in [1.82, 2.24) is 4.98 Å². The Morgan fingerprint density at radius 1 is 1.15 bits per heavy atom. The van der Waals surface area contributed by atoms with Gasteiger partial charge in [0, 0.05) is 5.22 Å². The number of fused-ring (bicyclic) bond motifs is 4. The third-order valence-corrected chi connectivity index (χ3v) is 4.09. The van der Waals surface area contributed by atoms with Crippen molar-refractivity contribution in [2.45, 2.75) is 12.8 Å². The van der Waals surface area contributed by atoms with Gasteiger partial charge in [0.1, 0.15) is 12.6 Å². The molecule has 0 unspecified atom stereocenters. The molecule has 0 saturated heterocycles. The summed E-state index contributed by atoms with van der Waals surface area (Å²) >= 11 is 0. The second-order valence-electron chi connectivity index (χ2n) is 5.29. The molecule has 2 heterocycles. The molecule has 0 saturated carbocycles. The molecular weight excluding hydrogens is 246 g/mol.